The minimum Gasteiger partial charge on any atom is -0.497 e. The van der Waals surface area contributed by atoms with E-state index in [1.165, 1.54) is 25.7 Å². The van der Waals surface area contributed by atoms with Crippen LogP contribution in [0.2, 0.25) is 0 Å². The van der Waals surface area contributed by atoms with Crippen molar-refractivity contribution in [1.82, 2.24) is 10.6 Å². The molecule has 6 heteroatoms. The van der Waals surface area contributed by atoms with Gasteiger partial charge in [-0.2, -0.15) is 0 Å². The van der Waals surface area contributed by atoms with E-state index in [-0.39, 0.29) is 0 Å². The summed E-state index contributed by atoms with van der Waals surface area (Å²) in [6.07, 6.45) is 6.80. The summed E-state index contributed by atoms with van der Waals surface area (Å²) in [6.45, 7) is 3.03. The lowest BCUT2D eigenvalue weighted by molar-refractivity contribution is 0.394. The predicted molar refractivity (Wildman–Crippen MR) is 114 cm³/mol. The fourth-order valence-electron chi connectivity index (χ4n) is 4.46. The van der Waals surface area contributed by atoms with Gasteiger partial charge in [-0.25, -0.2) is 0 Å². The van der Waals surface area contributed by atoms with Gasteiger partial charge in [-0.3, -0.25) is 4.99 Å². The first-order valence-corrected chi connectivity index (χ1v) is 10.7. The third kappa shape index (κ3) is 4.65. The van der Waals surface area contributed by atoms with Crippen molar-refractivity contribution >= 4 is 11.6 Å². The van der Waals surface area contributed by atoms with E-state index in [1.54, 1.807) is 14.2 Å². The summed E-state index contributed by atoms with van der Waals surface area (Å²) in [5, 5.41) is 7.24. The van der Waals surface area contributed by atoms with Crippen LogP contribution in [-0.4, -0.2) is 52.9 Å². The van der Waals surface area contributed by atoms with E-state index in [9.17, 15) is 0 Å². The third-order valence-corrected chi connectivity index (χ3v) is 6.41. The number of rotatable bonds is 8. The predicted octanol–water partition coefficient (Wildman–Crippen LogP) is 2.88. The second-order valence-corrected chi connectivity index (χ2v) is 8.44. The minimum absolute atomic E-state index is 0.392. The zero-order chi connectivity index (χ0) is 19.5. The second kappa shape index (κ2) is 8.50. The Labute approximate surface area is 168 Å². The first-order valence-electron chi connectivity index (χ1n) is 10.7. The number of methoxy groups -OCH3 is 2. The lowest BCUT2D eigenvalue weighted by Crippen LogP contribution is -2.46. The number of aliphatic imine (C=N–C) groups is 1. The van der Waals surface area contributed by atoms with Crippen LogP contribution >= 0.6 is 0 Å². The van der Waals surface area contributed by atoms with Gasteiger partial charge in [0.25, 0.3) is 0 Å². The molecule has 0 radical (unpaired) electrons. The Morgan fingerprint density at radius 2 is 1.71 bits per heavy atom. The molecule has 154 valence electrons. The summed E-state index contributed by atoms with van der Waals surface area (Å²) < 4.78 is 10.8. The smallest absolute Gasteiger partial charge is 0.191 e. The number of hydrogen-bond donors (Lipinski definition) is 2. The maximum absolute atomic E-state index is 5.42. The zero-order valence-electron chi connectivity index (χ0n) is 17.4. The fourth-order valence-corrected chi connectivity index (χ4v) is 4.46. The quantitative estimate of drug-likeness (QED) is 0.531. The molecule has 0 amide bonds. The molecule has 3 aliphatic rings. The van der Waals surface area contributed by atoms with E-state index >= 15 is 0 Å². The number of benzene rings is 1. The molecule has 1 aromatic rings. The molecule has 2 saturated carbocycles. The van der Waals surface area contributed by atoms with Crippen molar-refractivity contribution in [2.45, 2.75) is 38.1 Å². The number of nitrogens with one attached hydrogen (secondary N) is 2. The molecule has 1 saturated heterocycles. The zero-order valence-corrected chi connectivity index (χ0v) is 17.4. The average Bonchev–Trinajstić information content (AvgIpc) is 3.66. The molecule has 2 N–H and O–H groups in total. The maximum atomic E-state index is 5.42. The Hall–Kier alpha value is -2.11. The van der Waals surface area contributed by atoms with Gasteiger partial charge >= 0.3 is 0 Å². The maximum Gasteiger partial charge on any atom is 0.191 e. The van der Waals surface area contributed by atoms with Crippen molar-refractivity contribution in [1.29, 1.82) is 0 Å². The Bertz CT molecular complexity index is 666. The van der Waals surface area contributed by atoms with Gasteiger partial charge in [-0.1, -0.05) is 0 Å². The number of nitrogens with zero attached hydrogens (tertiary/aromatic N) is 2. The largest absolute Gasteiger partial charge is 0.497 e. The van der Waals surface area contributed by atoms with E-state index in [0.717, 1.165) is 67.0 Å². The summed E-state index contributed by atoms with van der Waals surface area (Å²) in [6, 6.07) is 6.46. The third-order valence-electron chi connectivity index (χ3n) is 6.41. The van der Waals surface area contributed by atoms with E-state index in [1.807, 2.05) is 13.1 Å². The first-order chi connectivity index (χ1) is 13.7. The van der Waals surface area contributed by atoms with Crippen molar-refractivity contribution < 1.29 is 9.47 Å². The van der Waals surface area contributed by atoms with Crippen molar-refractivity contribution in [3.05, 3.63) is 18.2 Å². The van der Waals surface area contributed by atoms with Crippen molar-refractivity contribution in [2.75, 3.05) is 45.8 Å². The minimum atomic E-state index is 0.392. The molecule has 1 heterocycles. The van der Waals surface area contributed by atoms with Crippen LogP contribution < -0.4 is 25.0 Å². The summed E-state index contributed by atoms with van der Waals surface area (Å²) in [5.41, 5.74) is 1.14. The summed E-state index contributed by atoms with van der Waals surface area (Å²) >= 11 is 0. The number of anilines is 1. The first kappa shape index (κ1) is 19.2. The van der Waals surface area contributed by atoms with Gasteiger partial charge in [0.1, 0.15) is 11.5 Å². The highest BCUT2D eigenvalue weighted by Crippen LogP contribution is 2.48. The van der Waals surface area contributed by atoms with Gasteiger partial charge in [0.2, 0.25) is 0 Å². The number of ether oxygens (including phenoxy) is 2. The molecule has 1 atom stereocenters. The van der Waals surface area contributed by atoms with Crippen LogP contribution in [0.15, 0.2) is 23.2 Å². The highest BCUT2D eigenvalue weighted by molar-refractivity contribution is 5.80. The van der Waals surface area contributed by atoms with Gasteiger partial charge in [-0.15, -0.1) is 0 Å². The van der Waals surface area contributed by atoms with Gasteiger partial charge in [0.15, 0.2) is 5.96 Å². The molecule has 2 aliphatic carbocycles. The van der Waals surface area contributed by atoms with Crippen LogP contribution in [0.1, 0.15) is 32.1 Å². The topological polar surface area (TPSA) is 58.1 Å². The number of hydrogen-bond acceptors (Lipinski definition) is 4. The summed E-state index contributed by atoms with van der Waals surface area (Å²) in [4.78, 5) is 6.85. The van der Waals surface area contributed by atoms with Gasteiger partial charge in [0, 0.05) is 56.6 Å². The molecule has 1 aromatic carbocycles. The van der Waals surface area contributed by atoms with Crippen LogP contribution in [0.4, 0.5) is 5.69 Å². The molecular weight excluding hydrogens is 352 g/mol. The van der Waals surface area contributed by atoms with Crippen LogP contribution in [-0.2, 0) is 0 Å². The molecule has 0 bridgehead atoms. The summed E-state index contributed by atoms with van der Waals surface area (Å²) in [7, 11) is 5.26. The van der Waals surface area contributed by atoms with Crippen LogP contribution in [0.3, 0.4) is 0 Å². The molecule has 1 unspecified atom stereocenters. The fraction of sp³-hybridized carbons (Fsp3) is 0.682. The van der Waals surface area contributed by atoms with Crippen molar-refractivity contribution in [3.63, 3.8) is 0 Å². The standard InChI is InChI=1S/C22H34N4O2/c1-23-22(24-13-21(15-4-5-15)16-6-7-16)25-17-8-9-26(14-17)18-10-19(27-2)12-20(11-18)28-3/h10-12,15-17,21H,4-9,13-14H2,1-3H3,(H2,23,24,25). The van der Waals surface area contributed by atoms with E-state index in [2.05, 4.69) is 32.7 Å². The van der Waals surface area contributed by atoms with Crippen LogP contribution in [0.25, 0.3) is 0 Å². The Balaban J connectivity index is 1.31. The lowest BCUT2D eigenvalue weighted by Gasteiger charge is -2.23. The molecular formula is C22H34N4O2. The Morgan fingerprint density at radius 3 is 2.25 bits per heavy atom. The van der Waals surface area contributed by atoms with Gasteiger partial charge < -0.3 is 25.0 Å². The van der Waals surface area contributed by atoms with Crippen LogP contribution in [0, 0.1) is 17.8 Å². The molecule has 6 nitrogen and oxygen atoms in total. The lowest BCUT2D eigenvalue weighted by atomic mass is 9.98. The molecule has 3 fully saturated rings. The van der Waals surface area contributed by atoms with Gasteiger partial charge in [-0.05, 0) is 49.9 Å². The average molecular weight is 387 g/mol. The molecule has 0 spiro atoms. The Kier molecular flexibility index (Phi) is 5.83. The van der Waals surface area contributed by atoms with Gasteiger partial charge in [0.05, 0.1) is 14.2 Å². The van der Waals surface area contributed by atoms with E-state index in [0.29, 0.717) is 6.04 Å². The van der Waals surface area contributed by atoms with Crippen molar-refractivity contribution in [3.8, 4) is 11.5 Å². The SMILES string of the molecule is CN=C(NCC(C1CC1)C1CC1)NC1CCN(c2cc(OC)cc(OC)c2)C1. The Morgan fingerprint density at radius 1 is 1.07 bits per heavy atom. The monoisotopic (exact) mass is 386 g/mol. The normalized spacial score (nSPS) is 22.5. The molecule has 1 aliphatic heterocycles. The van der Waals surface area contributed by atoms with Crippen molar-refractivity contribution in [2.24, 2.45) is 22.7 Å². The summed E-state index contributed by atoms with van der Waals surface area (Å²) in [5.74, 6) is 5.37. The molecule has 0 aromatic heterocycles. The van der Waals surface area contributed by atoms with E-state index in [4.69, 9.17) is 9.47 Å². The highest BCUT2D eigenvalue weighted by Gasteiger charge is 2.41. The van der Waals surface area contributed by atoms with Crippen LogP contribution in [0.5, 0.6) is 11.5 Å². The number of guanidine groups is 1. The second-order valence-electron chi connectivity index (χ2n) is 8.44. The molecule has 28 heavy (non-hydrogen) atoms. The highest BCUT2D eigenvalue weighted by atomic mass is 16.5. The molecule has 4 rings (SSSR count). The van der Waals surface area contributed by atoms with E-state index < -0.39 is 0 Å².